The van der Waals surface area contributed by atoms with Crippen molar-refractivity contribution < 1.29 is 24.3 Å². The highest BCUT2D eigenvalue weighted by Gasteiger charge is 2.20. The zero-order valence-corrected chi connectivity index (χ0v) is 17.5. The molecule has 9 heteroatoms. The van der Waals surface area contributed by atoms with Gasteiger partial charge in [-0.25, -0.2) is 9.78 Å². The zero-order valence-electron chi connectivity index (χ0n) is 16.7. The minimum absolute atomic E-state index is 0.0154. The predicted molar refractivity (Wildman–Crippen MR) is 120 cm³/mol. The minimum Gasteiger partial charge on any atom is -0.496 e. The molecule has 0 bridgehead atoms. The monoisotopic (exact) mass is 448 g/mol. The van der Waals surface area contributed by atoms with Crippen LogP contribution in [0.3, 0.4) is 0 Å². The molecule has 32 heavy (non-hydrogen) atoms. The number of hydrogen-bond acceptors (Lipinski definition) is 7. The Hall–Kier alpha value is -4.24. The minimum atomic E-state index is -1.52. The van der Waals surface area contributed by atoms with E-state index in [2.05, 4.69) is 4.98 Å². The lowest BCUT2D eigenvalue weighted by atomic mass is 10.0. The molecule has 0 spiro atoms. The predicted octanol–water partition coefficient (Wildman–Crippen LogP) is 6.12. The van der Waals surface area contributed by atoms with E-state index >= 15 is 0 Å². The van der Waals surface area contributed by atoms with Gasteiger partial charge in [-0.3, -0.25) is 10.1 Å². The summed E-state index contributed by atoms with van der Waals surface area (Å²) in [6, 6.07) is 18.4. The van der Waals surface area contributed by atoms with Gasteiger partial charge in [-0.15, -0.1) is 11.3 Å². The van der Waals surface area contributed by atoms with Gasteiger partial charge in [-0.2, -0.15) is 0 Å². The Labute approximate surface area is 186 Å². The number of hydrogen-bond donors (Lipinski definition) is 1. The molecule has 0 unspecified atom stereocenters. The van der Waals surface area contributed by atoms with E-state index in [-0.39, 0.29) is 17.0 Å². The summed E-state index contributed by atoms with van der Waals surface area (Å²) in [6.07, 6.45) is -1.52. The van der Waals surface area contributed by atoms with Crippen LogP contribution in [-0.2, 0) is 0 Å². The molecule has 160 valence electrons. The Balaban J connectivity index is 1.79. The Kier molecular flexibility index (Phi) is 5.82. The lowest BCUT2D eigenvalue weighted by Crippen LogP contribution is -2.05. The Bertz CT molecular complexity index is 1320. The smallest absolute Gasteiger partial charge is 0.496 e. The first kappa shape index (κ1) is 21.0. The molecule has 1 heterocycles. The number of nitrogens with zero attached hydrogens (tertiary/aromatic N) is 2. The highest BCUT2D eigenvalue weighted by Crippen LogP contribution is 2.40. The van der Waals surface area contributed by atoms with Crippen molar-refractivity contribution >= 4 is 23.2 Å². The number of carboxylic acid groups (broad SMARTS) is 1. The maximum atomic E-state index is 11.4. The molecule has 0 aliphatic carbocycles. The average Bonchev–Trinajstić information content (AvgIpc) is 3.29. The fraction of sp³-hybridized carbons (Fsp3) is 0.0435. The van der Waals surface area contributed by atoms with E-state index in [9.17, 15) is 20.0 Å². The fourth-order valence-corrected chi connectivity index (χ4v) is 4.12. The molecule has 4 aromatic rings. The van der Waals surface area contributed by atoms with Gasteiger partial charge in [-0.05, 0) is 30.3 Å². The van der Waals surface area contributed by atoms with Crippen molar-refractivity contribution in [1.82, 2.24) is 4.98 Å². The van der Waals surface area contributed by atoms with Gasteiger partial charge in [-0.1, -0.05) is 30.3 Å². The van der Waals surface area contributed by atoms with Crippen LogP contribution in [0.4, 0.5) is 10.5 Å². The van der Waals surface area contributed by atoms with Crippen molar-refractivity contribution in [3.8, 4) is 44.5 Å². The average molecular weight is 448 g/mol. The van der Waals surface area contributed by atoms with Crippen LogP contribution in [0.2, 0.25) is 0 Å². The summed E-state index contributed by atoms with van der Waals surface area (Å²) in [6.45, 7) is 0. The van der Waals surface area contributed by atoms with Crippen LogP contribution >= 0.6 is 11.3 Å². The molecule has 4 rings (SSSR count). The molecule has 1 N–H and O–H groups in total. The third-order valence-corrected chi connectivity index (χ3v) is 5.60. The number of para-hydroxylation sites is 2. The van der Waals surface area contributed by atoms with Crippen molar-refractivity contribution in [1.29, 1.82) is 0 Å². The number of thiazole rings is 1. The number of ether oxygens (including phenoxy) is 2. The highest BCUT2D eigenvalue weighted by molar-refractivity contribution is 7.13. The largest absolute Gasteiger partial charge is 0.511 e. The fourth-order valence-electron chi connectivity index (χ4n) is 3.30. The summed E-state index contributed by atoms with van der Waals surface area (Å²) in [7, 11) is 1.59. The first-order valence-corrected chi connectivity index (χ1v) is 10.2. The highest BCUT2D eigenvalue weighted by atomic mass is 32.1. The van der Waals surface area contributed by atoms with Gasteiger partial charge in [0.25, 0.3) is 5.69 Å². The second-order valence-electron chi connectivity index (χ2n) is 6.59. The molecule has 0 fully saturated rings. The summed E-state index contributed by atoms with van der Waals surface area (Å²) in [4.78, 5) is 26.9. The van der Waals surface area contributed by atoms with Crippen molar-refractivity contribution in [3.05, 3.63) is 82.2 Å². The molecule has 0 aliphatic heterocycles. The normalized spacial score (nSPS) is 10.5. The number of rotatable bonds is 6. The molecule has 0 atom stereocenters. The maximum Gasteiger partial charge on any atom is 0.511 e. The van der Waals surface area contributed by atoms with E-state index in [1.165, 1.54) is 23.5 Å². The van der Waals surface area contributed by atoms with Crippen LogP contribution in [0.5, 0.6) is 11.5 Å². The van der Waals surface area contributed by atoms with E-state index in [0.717, 1.165) is 5.56 Å². The lowest BCUT2D eigenvalue weighted by molar-refractivity contribution is -0.384. The Morgan fingerprint density at radius 3 is 2.44 bits per heavy atom. The molecule has 0 radical (unpaired) electrons. The topological polar surface area (TPSA) is 112 Å². The quantitative estimate of drug-likeness (QED) is 0.164. The molecule has 0 saturated heterocycles. The summed E-state index contributed by atoms with van der Waals surface area (Å²) >= 11 is 1.38. The summed E-state index contributed by atoms with van der Waals surface area (Å²) < 4.78 is 10.4. The Morgan fingerprint density at radius 2 is 1.72 bits per heavy atom. The lowest BCUT2D eigenvalue weighted by Gasteiger charge is -2.10. The Morgan fingerprint density at radius 1 is 1.00 bits per heavy atom. The number of methoxy groups -OCH3 is 1. The first-order chi connectivity index (χ1) is 15.5. The number of nitro groups is 1. The van der Waals surface area contributed by atoms with E-state index in [1.54, 1.807) is 37.4 Å². The van der Waals surface area contributed by atoms with Crippen molar-refractivity contribution in [2.24, 2.45) is 0 Å². The van der Waals surface area contributed by atoms with E-state index in [4.69, 9.17) is 9.47 Å². The van der Waals surface area contributed by atoms with Gasteiger partial charge >= 0.3 is 6.16 Å². The van der Waals surface area contributed by atoms with Crippen LogP contribution in [0.15, 0.2) is 72.1 Å². The molecule has 3 aromatic carbocycles. The number of aromatic nitrogens is 1. The van der Waals surface area contributed by atoms with Gasteiger partial charge < -0.3 is 14.6 Å². The third-order valence-electron chi connectivity index (χ3n) is 4.70. The molecule has 0 saturated carbocycles. The molecule has 8 nitrogen and oxygen atoms in total. The standard InChI is InChI=1S/C23H16N2O6S/c1-30-20-9-5-3-7-17(20)18-13-32-22(24-18)14-10-11-16(21(12-14)31-23(26)27)15-6-2-4-8-19(15)25(28)29/h2-13H,1H3,(H,26,27). The zero-order chi connectivity index (χ0) is 22.7. The van der Waals surface area contributed by atoms with Crippen LogP contribution in [0.1, 0.15) is 0 Å². The SMILES string of the molecule is COc1ccccc1-c1csc(-c2ccc(-c3ccccc3[N+](=O)[O-])c(OC(=O)O)c2)n1. The molecule has 0 amide bonds. The first-order valence-electron chi connectivity index (χ1n) is 9.36. The summed E-state index contributed by atoms with van der Waals surface area (Å²) in [5.74, 6) is 0.671. The van der Waals surface area contributed by atoms with Gasteiger partial charge in [0.1, 0.15) is 16.5 Å². The summed E-state index contributed by atoms with van der Waals surface area (Å²) in [5.41, 5.74) is 2.57. The van der Waals surface area contributed by atoms with Crippen LogP contribution in [0.25, 0.3) is 33.0 Å². The van der Waals surface area contributed by atoms with Gasteiger partial charge in [0.05, 0.1) is 23.3 Å². The number of carbonyl (C=O) groups is 1. The van der Waals surface area contributed by atoms with E-state index in [1.807, 2.05) is 29.6 Å². The number of nitro benzene ring substituents is 1. The van der Waals surface area contributed by atoms with E-state index < -0.39 is 11.1 Å². The molecule has 0 aliphatic rings. The maximum absolute atomic E-state index is 11.4. The van der Waals surface area contributed by atoms with Crippen LogP contribution in [-0.4, -0.2) is 28.3 Å². The van der Waals surface area contributed by atoms with Gasteiger partial charge in [0.15, 0.2) is 0 Å². The van der Waals surface area contributed by atoms with Crippen molar-refractivity contribution in [2.75, 3.05) is 7.11 Å². The van der Waals surface area contributed by atoms with Crippen LogP contribution < -0.4 is 9.47 Å². The number of benzene rings is 3. The second-order valence-corrected chi connectivity index (χ2v) is 7.45. The van der Waals surface area contributed by atoms with Gasteiger partial charge in [0.2, 0.25) is 0 Å². The van der Waals surface area contributed by atoms with Gasteiger partial charge in [0, 0.05) is 28.1 Å². The summed E-state index contributed by atoms with van der Waals surface area (Å²) in [5, 5.41) is 23.2. The molecular formula is C23H16N2O6S. The van der Waals surface area contributed by atoms with Crippen molar-refractivity contribution in [3.63, 3.8) is 0 Å². The van der Waals surface area contributed by atoms with Crippen LogP contribution in [0, 0.1) is 10.1 Å². The second kappa shape index (κ2) is 8.86. The molecule has 1 aromatic heterocycles. The third kappa shape index (κ3) is 4.14. The molecular weight excluding hydrogens is 432 g/mol. The van der Waals surface area contributed by atoms with Crippen molar-refractivity contribution in [2.45, 2.75) is 0 Å². The van der Waals surface area contributed by atoms with E-state index in [0.29, 0.717) is 27.6 Å².